The first-order valence-corrected chi connectivity index (χ1v) is 10.2. The normalized spacial score (nSPS) is 18.2. The van der Waals surface area contributed by atoms with E-state index in [1.54, 1.807) is 6.07 Å². The second-order valence-electron chi connectivity index (χ2n) is 7.62. The molecule has 0 spiro atoms. The van der Waals surface area contributed by atoms with Crippen molar-refractivity contribution >= 4 is 23.3 Å². The highest BCUT2D eigenvalue weighted by Gasteiger charge is 2.25. The lowest BCUT2D eigenvalue weighted by molar-refractivity contribution is 0.147. The zero-order valence-corrected chi connectivity index (χ0v) is 16.3. The fraction of sp³-hybridized carbons (Fsp3) is 0.409. The molecular formula is C22H26ClN3O. The molecule has 4 nitrogen and oxygen atoms in total. The van der Waals surface area contributed by atoms with E-state index in [0.29, 0.717) is 10.9 Å². The maximum absolute atomic E-state index is 12.5. The molecule has 0 bridgehead atoms. The third-order valence-corrected chi connectivity index (χ3v) is 5.94. The number of rotatable bonds is 3. The molecule has 0 unspecified atom stereocenters. The Morgan fingerprint density at radius 1 is 1.04 bits per heavy atom. The van der Waals surface area contributed by atoms with E-state index in [0.717, 1.165) is 57.7 Å². The molecule has 1 fully saturated rings. The topological polar surface area (TPSA) is 35.6 Å². The molecule has 2 amide bonds. The highest BCUT2D eigenvalue weighted by Crippen LogP contribution is 2.24. The highest BCUT2D eigenvalue weighted by molar-refractivity contribution is 6.30. The SMILES string of the molecule is O=C(Nc1cccc(Cl)c1)N1CCC(CN2CCc3ccccc3C2)CC1. The highest BCUT2D eigenvalue weighted by atomic mass is 35.5. The Morgan fingerprint density at radius 3 is 2.59 bits per heavy atom. The molecule has 0 aliphatic carbocycles. The van der Waals surface area contributed by atoms with Crippen molar-refractivity contribution in [3.05, 3.63) is 64.7 Å². The number of benzene rings is 2. The number of likely N-dealkylation sites (tertiary alicyclic amines) is 1. The average molecular weight is 384 g/mol. The van der Waals surface area contributed by atoms with E-state index in [4.69, 9.17) is 11.6 Å². The minimum Gasteiger partial charge on any atom is -0.325 e. The smallest absolute Gasteiger partial charge is 0.321 e. The van der Waals surface area contributed by atoms with E-state index in [9.17, 15) is 4.79 Å². The third kappa shape index (κ3) is 4.63. The van der Waals surface area contributed by atoms with Crippen LogP contribution in [0.4, 0.5) is 10.5 Å². The maximum Gasteiger partial charge on any atom is 0.321 e. The van der Waals surface area contributed by atoms with Crippen LogP contribution in [0.3, 0.4) is 0 Å². The van der Waals surface area contributed by atoms with Crippen LogP contribution in [0.1, 0.15) is 24.0 Å². The van der Waals surface area contributed by atoms with Gasteiger partial charge in [0.2, 0.25) is 0 Å². The summed E-state index contributed by atoms with van der Waals surface area (Å²) in [5.74, 6) is 0.672. The number of amides is 2. The van der Waals surface area contributed by atoms with Gasteiger partial charge in [-0.25, -0.2) is 4.79 Å². The van der Waals surface area contributed by atoms with E-state index < -0.39 is 0 Å². The first kappa shape index (κ1) is 18.3. The molecule has 142 valence electrons. The van der Waals surface area contributed by atoms with E-state index in [2.05, 4.69) is 34.5 Å². The number of hydrogen-bond donors (Lipinski definition) is 1. The lowest BCUT2D eigenvalue weighted by Crippen LogP contribution is -2.44. The van der Waals surface area contributed by atoms with Crippen LogP contribution in [0.15, 0.2) is 48.5 Å². The zero-order chi connectivity index (χ0) is 18.6. The average Bonchev–Trinajstić information content (AvgIpc) is 2.68. The number of anilines is 1. The summed E-state index contributed by atoms with van der Waals surface area (Å²) in [6.07, 6.45) is 3.29. The fourth-order valence-electron chi connectivity index (χ4n) is 4.16. The van der Waals surface area contributed by atoms with Crippen molar-refractivity contribution in [2.24, 2.45) is 5.92 Å². The van der Waals surface area contributed by atoms with Gasteiger partial charge >= 0.3 is 6.03 Å². The largest absolute Gasteiger partial charge is 0.325 e. The molecule has 2 aromatic rings. The molecular weight excluding hydrogens is 358 g/mol. The van der Waals surface area contributed by atoms with E-state index in [-0.39, 0.29) is 6.03 Å². The second-order valence-corrected chi connectivity index (χ2v) is 8.06. The van der Waals surface area contributed by atoms with Gasteiger partial charge in [-0.3, -0.25) is 4.90 Å². The van der Waals surface area contributed by atoms with Gasteiger partial charge in [0.1, 0.15) is 0 Å². The summed E-state index contributed by atoms with van der Waals surface area (Å²) in [7, 11) is 0. The van der Waals surface area contributed by atoms with Crippen LogP contribution in [-0.2, 0) is 13.0 Å². The van der Waals surface area contributed by atoms with Gasteiger partial charge in [0.05, 0.1) is 0 Å². The summed E-state index contributed by atoms with van der Waals surface area (Å²) in [4.78, 5) is 17.0. The first-order valence-electron chi connectivity index (χ1n) is 9.78. The number of halogens is 1. The van der Waals surface area contributed by atoms with Gasteiger partial charge < -0.3 is 10.2 Å². The van der Waals surface area contributed by atoms with Crippen LogP contribution in [0.5, 0.6) is 0 Å². The Morgan fingerprint density at radius 2 is 1.81 bits per heavy atom. The van der Waals surface area contributed by atoms with Crippen molar-refractivity contribution in [1.82, 2.24) is 9.80 Å². The fourth-order valence-corrected chi connectivity index (χ4v) is 4.35. The van der Waals surface area contributed by atoms with E-state index >= 15 is 0 Å². The number of hydrogen-bond acceptors (Lipinski definition) is 2. The quantitative estimate of drug-likeness (QED) is 0.837. The van der Waals surface area contributed by atoms with Crippen LogP contribution in [0.2, 0.25) is 5.02 Å². The number of carbonyl (C=O) groups excluding carboxylic acids is 1. The number of urea groups is 1. The minimum absolute atomic E-state index is 0.0254. The molecule has 0 radical (unpaired) electrons. The molecule has 2 aliphatic heterocycles. The summed E-state index contributed by atoms with van der Waals surface area (Å²) in [5.41, 5.74) is 3.73. The molecule has 1 saturated heterocycles. The van der Waals surface area contributed by atoms with Crippen LogP contribution < -0.4 is 5.32 Å². The standard InChI is InChI=1S/C22H26ClN3O/c23-20-6-3-7-21(14-20)24-22(27)26-12-8-17(9-13-26)15-25-11-10-18-4-1-2-5-19(18)16-25/h1-7,14,17H,8-13,15-16H2,(H,24,27). The minimum atomic E-state index is -0.0254. The molecule has 0 aromatic heterocycles. The number of nitrogens with zero attached hydrogens (tertiary/aromatic N) is 2. The molecule has 2 heterocycles. The molecule has 27 heavy (non-hydrogen) atoms. The molecule has 4 rings (SSSR count). The van der Waals surface area contributed by atoms with Gasteiger partial charge in [0.25, 0.3) is 0 Å². The van der Waals surface area contributed by atoms with Gasteiger partial charge in [-0.05, 0) is 54.5 Å². The third-order valence-electron chi connectivity index (χ3n) is 5.70. The number of fused-ring (bicyclic) bond motifs is 1. The van der Waals surface area contributed by atoms with Crippen molar-refractivity contribution in [2.75, 3.05) is 31.5 Å². The van der Waals surface area contributed by atoms with Gasteiger partial charge in [-0.15, -0.1) is 0 Å². The van der Waals surface area contributed by atoms with Crippen molar-refractivity contribution < 1.29 is 4.79 Å². The summed E-state index contributed by atoms with van der Waals surface area (Å²) in [6.45, 7) is 4.99. The van der Waals surface area contributed by atoms with Crippen LogP contribution in [0.25, 0.3) is 0 Å². The summed E-state index contributed by atoms with van der Waals surface area (Å²) in [6, 6.07) is 16.1. The molecule has 1 N–H and O–H groups in total. The van der Waals surface area contributed by atoms with E-state index in [1.807, 2.05) is 23.1 Å². The molecule has 5 heteroatoms. The second kappa shape index (κ2) is 8.32. The Labute approximate surface area is 166 Å². The molecule has 0 saturated carbocycles. The van der Waals surface area contributed by atoms with Gasteiger partial charge in [-0.2, -0.15) is 0 Å². The monoisotopic (exact) mass is 383 g/mol. The summed E-state index contributed by atoms with van der Waals surface area (Å²) in [5, 5.41) is 3.59. The van der Waals surface area contributed by atoms with Crippen LogP contribution in [-0.4, -0.2) is 42.0 Å². The van der Waals surface area contributed by atoms with Gasteiger partial charge in [-0.1, -0.05) is 41.9 Å². The van der Waals surface area contributed by atoms with Crippen LogP contribution >= 0.6 is 11.6 Å². The van der Waals surface area contributed by atoms with Gasteiger partial charge in [0.15, 0.2) is 0 Å². The first-order chi connectivity index (χ1) is 13.2. The van der Waals surface area contributed by atoms with Crippen molar-refractivity contribution in [3.63, 3.8) is 0 Å². The Kier molecular flexibility index (Phi) is 5.65. The Balaban J connectivity index is 1.25. The summed E-state index contributed by atoms with van der Waals surface area (Å²) < 4.78 is 0. The zero-order valence-electron chi connectivity index (χ0n) is 15.5. The van der Waals surface area contributed by atoms with E-state index in [1.165, 1.54) is 11.1 Å². The number of nitrogens with one attached hydrogen (secondary N) is 1. The van der Waals surface area contributed by atoms with Crippen molar-refractivity contribution in [2.45, 2.75) is 25.8 Å². The van der Waals surface area contributed by atoms with Crippen molar-refractivity contribution in [1.29, 1.82) is 0 Å². The molecule has 2 aliphatic rings. The van der Waals surface area contributed by atoms with Gasteiger partial charge in [0, 0.05) is 43.4 Å². The number of carbonyl (C=O) groups is 1. The summed E-state index contributed by atoms with van der Waals surface area (Å²) >= 11 is 5.99. The van der Waals surface area contributed by atoms with Crippen molar-refractivity contribution in [3.8, 4) is 0 Å². The number of piperidine rings is 1. The Bertz CT molecular complexity index is 802. The molecule has 0 atom stereocenters. The predicted molar refractivity (Wildman–Crippen MR) is 110 cm³/mol. The molecule has 2 aromatic carbocycles. The van der Waals surface area contributed by atoms with Crippen LogP contribution in [0, 0.1) is 5.92 Å². The predicted octanol–water partition coefficient (Wildman–Crippen LogP) is 4.64. The lowest BCUT2D eigenvalue weighted by Gasteiger charge is -2.36. The lowest BCUT2D eigenvalue weighted by atomic mass is 9.94. The Hall–Kier alpha value is -2.04. The maximum atomic E-state index is 12.5.